The first-order valence-corrected chi connectivity index (χ1v) is 31.3. The van der Waals surface area contributed by atoms with E-state index >= 15 is 0 Å². The van der Waals surface area contributed by atoms with Crippen LogP contribution in [-0.4, -0.2) is 19.9 Å². The maximum Gasteiger partial charge on any atom is 0.246 e. The average molecular weight is 1210 g/mol. The molecule has 0 radical (unpaired) electrons. The Morgan fingerprint density at radius 3 is 1.15 bits per heavy atom. The highest BCUT2D eigenvalue weighted by molar-refractivity contribution is 6.26. The summed E-state index contributed by atoms with van der Waals surface area (Å²) in [6.45, 7) is 0. The molecule has 0 bridgehead atoms. The maximum atomic E-state index is 6.52. The number of para-hydroxylation sites is 4. The summed E-state index contributed by atoms with van der Waals surface area (Å²) in [7, 11) is 0. The Morgan fingerprint density at radius 2 is 0.606 bits per heavy atom. The molecule has 0 N–H and O–H groups in total. The summed E-state index contributed by atoms with van der Waals surface area (Å²) in [5, 5.41) is 20.0. The second kappa shape index (κ2) is 19.3. The van der Waals surface area contributed by atoms with E-state index in [9.17, 15) is 0 Å². The Balaban J connectivity index is 0.000000126. The van der Waals surface area contributed by atoms with E-state index in [1.54, 1.807) is 0 Å². The van der Waals surface area contributed by atoms with Gasteiger partial charge in [-0.25, -0.2) is 19.9 Å². The fraction of sp³-hybridized carbons (Fsp3) is 0. The van der Waals surface area contributed by atoms with Crippen LogP contribution in [0.3, 0.4) is 0 Å². The van der Waals surface area contributed by atoms with Crippen LogP contribution >= 0.6 is 0 Å². The SMILES string of the molecule is c1ccc2c(c1)cc(-c1ccc3oc4nc(-c5cc6ccccc6c6c5oc5ccccc56)cnc4c3c1)c1oc3ccccc3c12.c1ccc2c(c1)ccc1oc3c(-c4ccc5oc6nc(-c7cccc8c7oc7ccc9ccccc9c78)cnc6c5c4)cccc3c12. The second-order valence-corrected chi connectivity index (χ2v) is 24.2. The molecule has 0 saturated carbocycles. The van der Waals surface area contributed by atoms with Crippen LogP contribution in [0.15, 0.2) is 294 Å². The van der Waals surface area contributed by atoms with E-state index in [2.05, 4.69) is 194 Å². The van der Waals surface area contributed by atoms with Gasteiger partial charge < -0.3 is 26.5 Å². The largest absolute Gasteiger partial charge is 0.455 e. The van der Waals surface area contributed by atoms with Crippen LogP contribution in [0.2, 0.25) is 0 Å². The smallest absolute Gasteiger partial charge is 0.246 e. The maximum absolute atomic E-state index is 6.52. The van der Waals surface area contributed by atoms with Crippen LogP contribution in [-0.2, 0) is 0 Å². The van der Waals surface area contributed by atoms with Gasteiger partial charge in [0.2, 0.25) is 11.4 Å². The van der Waals surface area contributed by atoms with E-state index in [0.717, 1.165) is 165 Å². The highest BCUT2D eigenvalue weighted by Gasteiger charge is 2.24. The van der Waals surface area contributed by atoms with Gasteiger partial charge in [-0.15, -0.1) is 0 Å². The van der Waals surface area contributed by atoms with Crippen molar-refractivity contribution in [2.45, 2.75) is 0 Å². The molecule has 94 heavy (non-hydrogen) atoms. The van der Waals surface area contributed by atoms with E-state index in [4.69, 9.17) is 46.4 Å². The lowest BCUT2D eigenvalue weighted by Gasteiger charge is -2.07. The molecule has 0 fully saturated rings. The first-order chi connectivity index (χ1) is 46.6. The summed E-state index contributed by atoms with van der Waals surface area (Å²) in [5.41, 5.74) is 17.9. The fourth-order valence-corrected chi connectivity index (χ4v) is 14.8. The van der Waals surface area contributed by atoms with Gasteiger partial charge in [-0.05, 0) is 121 Å². The minimum atomic E-state index is 0.486. The molecule has 0 aliphatic carbocycles. The number of rotatable bonds is 4. The summed E-state index contributed by atoms with van der Waals surface area (Å²) in [4.78, 5) is 19.8. The van der Waals surface area contributed by atoms with E-state index in [1.807, 2.05) is 73.1 Å². The minimum absolute atomic E-state index is 0.486. The van der Waals surface area contributed by atoms with Crippen LogP contribution in [0.25, 0.3) is 220 Å². The number of benzene rings is 14. The topological polar surface area (TPSA) is 130 Å². The van der Waals surface area contributed by atoms with E-state index < -0.39 is 0 Å². The third-order valence-corrected chi connectivity index (χ3v) is 19.1. The summed E-state index contributed by atoms with van der Waals surface area (Å²) in [6, 6.07) is 87.7. The average Bonchev–Trinajstić information content (AvgIpc) is 3.01. The van der Waals surface area contributed by atoms with Crippen molar-refractivity contribution < 1.29 is 26.5 Å². The first kappa shape index (κ1) is 50.9. The second-order valence-electron chi connectivity index (χ2n) is 24.2. The Morgan fingerprint density at radius 1 is 0.223 bits per heavy atom. The van der Waals surface area contributed by atoms with Crippen molar-refractivity contribution in [2.75, 3.05) is 0 Å². The lowest BCUT2D eigenvalue weighted by Crippen LogP contribution is -1.88. The number of nitrogens with zero attached hydrogens (tertiary/aromatic N) is 4. The summed E-state index contributed by atoms with van der Waals surface area (Å²) >= 11 is 0. The van der Waals surface area contributed by atoms with Gasteiger partial charge >= 0.3 is 0 Å². The third kappa shape index (κ3) is 7.41. The number of hydrogen-bond acceptors (Lipinski definition) is 10. The standard InChI is InChI=1S/2C42H22N2O3/c1-3-11-26-23(9-1)19-30(40-37(26)28-13-5-7-15-34(28)45-40)25-17-18-36-32(21-25)39-42(47-36)44-33(22-43-39)31-20-24-10-2-4-12-27(24)38-29-14-6-8-16-35(29)46-41(31)38;1-3-9-26-23(7-1)15-19-35-37(26)30-13-5-11-28(40(30)45-35)25-17-18-34-32(21-25)39-42(47-34)44-33(22-43-39)29-12-6-14-31-38-27-10-4-2-8-24(27)16-20-36(38)46-41(29)31/h2*1-22H. The van der Waals surface area contributed by atoms with Gasteiger partial charge in [-0.3, -0.25) is 0 Å². The molecule has 8 heterocycles. The van der Waals surface area contributed by atoms with Crippen molar-refractivity contribution >= 4 is 175 Å². The third-order valence-electron chi connectivity index (χ3n) is 19.1. The van der Waals surface area contributed by atoms with Gasteiger partial charge in [0.25, 0.3) is 0 Å². The van der Waals surface area contributed by atoms with Crippen LogP contribution in [0.4, 0.5) is 0 Å². The Hall–Kier alpha value is -12.9. The number of furan rings is 6. The summed E-state index contributed by atoms with van der Waals surface area (Å²) in [6.07, 6.45) is 3.64. The van der Waals surface area contributed by atoms with Crippen LogP contribution in [0, 0.1) is 0 Å². The molecule has 0 atom stereocenters. The van der Waals surface area contributed by atoms with Gasteiger partial charge in [0, 0.05) is 76.1 Å². The monoisotopic (exact) mass is 1200 g/mol. The molecule has 0 saturated heterocycles. The van der Waals surface area contributed by atoms with Gasteiger partial charge in [-0.2, -0.15) is 0 Å². The Kier molecular flexibility index (Phi) is 10.4. The van der Waals surface area contributed by atoms with Crippen molar-refractivity contribution in [1.29, 1.82) is 0 Å². The molecule has 22 aromatic rings. The van der Waals surface area contributed by atoms with Crippen molar-refractivity contribution in [3.8, 4) is 44.8 Å². The van der Waals surface area contributed by atoms with Gasteiger partial charge in [0.15, 0.2) is 0 Å². The molecule has 8 aromatic heterocycles. The van der Waals surface area contributed by atoms with Crippen molar-refractivity contribution in [1.82, 2.24) is 19.9 Å². The molecule has 0 aliphatic rings. The quantitative estimate of drug-likeness (QED) is 0.168. The van der Waals surface area contributed by atoms with Crippen LogP contribution < -0.4 is 0 Å². The van der Waals surface area contributed by atoms with Crippen molar-refractivity contribution in [2.24, 2.45) is 0 Å². The van der Waals surface area contributed by atoms with Crippen molar-refractivity contribution in [3.63, 3.8) is 0 Å². The minimum Gasteiger partial charge on any atom is -0.455 e. The highest BCUT2D eigenvalue weighted by Crippen LogP contribution is 2.46. The Bertz CT molecular complexity index is 7020. The predicted molar refractivity (Wildman–Crippen MR) is 380 cm³/mol. The normalized spacial score (nSPS) is 12.3. The molecule has 10 nitrogen and oxygen atoms in total. The Labute approximate surface area is 530 Å². The highest BCUT2D eigenvalue weighted by atomic mass is 16.4. The van der Waals surface area contributed by atoms with Crippen molar-refractivity contribution in [3.05, 3.63) is 267 Å². The first-order valence-electron chi connectivity index (χ1n) is 31.3. The number of aromatic nitrogens is 4. The van der Waals surface area contributed by atoms with Gasteiger partial charge in [0.05, 0.1) is 23.8 Å². The zero-order valence-corrected chi connectivity index (χ0v) is 49.6. The molecule has 10 heteroatoms. The molecular weight excluding hydrogens is 1160 g/mol. The lowest BCUT2D eigenvalue weighted by molar-refractivity contribution is 0.652. The fourth-order valence-electron chi connectivity index (χ4n) is 14.8. The molecule has 0 amide bonds. The number of fused-ring (bicyclic) bond motifs is 26. The van der Waals surface area contributed by atoms with Crippen LogP contribution in [0.5, 0.6) is 0 Å². The predicted octanol–water partition coefficient (Wildman–Crippen LogP) is 23.6. The van der Waals surface area contributed by atoms with Crippen LogP contribution in [0.1, 0.15) is 0 Å². The molecule has 22 rings (SSSR count). The van der Waals surface area contributed by atoms with E-state index in [0.29, 0.717) is 28.3 Å². The molecular formula is C84H44N4O6. The zero-order valence-electron chi connectivity index (χ0n) is 49.6. The molecule has 436 valence electrons. The zero-order chi connectivity index (χ0) is 61.3. The molecule has 0 spiro atoms. The molecule has 0 unspecified atom stereocenters. The summed E-state index contributed by atoms with van der Waals surface area (Å²) in [5.74, 6) is 0. The van der Waals surface area contributed by atoms with E-state index in [1.165, 1.54) is 26.9 Å². The number of hydrogen-bond donors (Lipinski definition) is 0. The lowest BCUT2D eigenvalue weighted by atomic mass is 9.96. The van der Waals surface area contributed by atoms with Gasteiger partial charge in [-0.1, -0.05) is 188 Å². The summed E-state index contributed by atoms with van der Waals surface area (Å²) < 4.78 is 38.6. The molecule has 0 aliphatic heterocycles. The molecule has 14 aromatic carbocycles. The van der Waals surface area contributed by atoms with Gasteiger partial charge in [0.1, 0.15) is 66.9 Å². The van der Waals surface area contributed by atoms with E-state index in [-0.39, 0.29) is 0 Å².